The summed E-state index contributed by atoms with van der Waals surface area (Å²) >= 11 is 0. The number of hydrogen-bond donors (Lipinski definition) is 0. The Morgan fingerprint density at radius 1 is 0.833 bits per heavy atom. The zero-order chi connectivity index (χ0) is 23.9. The molecule has 2 aliphatic heterocycles. The lowest BCUT2D eigenvalue weighted by Gasteiger charge is -2.28. The number of amidine groups is 1. The molecule has 0 amide bonds. The first kappa shape index (κ1) is 23.8. The van der Waals surface area contributed by atoms with Gasteiger partial charge < -0.3 is 17.0 Å². The van der Waals surface area contributed by atoms with Gasteiger partial charge >= 0.3 is 5.95 Å². The number of aliphatic imine (C=N–C) groups is 1. The molecular formula is C26H26BrN9. The number of guanidine groups is 1. The summed E-state index contributed by atoms with van der Waals surface area (Å²) in [5.74, 6) is 3.36. The molecule has 10 heteroatoms. The minimum atomic E-state index is -0.243. The second kappa shape index (κ2) is 9.62. The number of aromatic nitrogens is 5. The fraction of sp³-hybridized carbons (Fsp3) is 0.231. The first-order valence-corrected chi connectivity index (χ1v) is 11.6. The molecule has 0 N–H and O–H groups in total. The molecule has 0 saturated carbocycles. The lowest BCUT2D eigenvalue weighted by atomic mass is 10.1. The van der Waals surface area contributed by atoms with Crippen LogP contribution in [0.1, 0.15) is 41.2 Å². The number of fused-ring (bicyclic) bond motifs is 2. The molecule has 6 rings (SSSR count). The molecule has 1 aromatic carbocycles. The van der Waals surface area contributed by atoms with Crippen molar-refractivity contribution in [2.45, 2.75) is 40.0 Å². The van der Waals surface area contributed by atoms with Crippen molar-refractivity contribution >= 4 is 17.7 Å². The molecule has 0 spiro atoms. The highest BCUT2D eigenvalue weighted by atomic mass is 79.9. The molecule has 0 fully saturated rings. The van der Waals surface area contributed by atoms with E-state index in [9.17, 15) is 0 Å². The van der Waals surface area contributed by atoms with Crippen LogP contribution in [0.3, 0.4) is 0 Å². The summed E-state index contributed by atoms with van der Waals surface area (Å²) in [5, 5.41) is 11.9. The Labute approximate surface area is 220 Å². The van der Waals surface area contributed by atoms with Gasteiger partial charge in [0.2, 0.25) is 12.0 Å². The highest BCUT2D eigenvalue weighted by Crippen LogP contribution is 2.35. The second-order valence-electron chi connectivity index (χ2n) is 8.86. The van der Waals surface area contributed by atoms with E-state index in [1.807, 2.05) is 72.6 Å². The fourth-order valence-corrected chi connectivity index (χ4v) is 4.52. The largest absolute Gasteiger partial charge is 1.00 e. The van der Waals surface area contributed by atoms with Crippen LogP contribution in [0, 0.1) is 13.8 Å². The van der Waals surface area contributed by atoms with Gasteiger partial charge in [-0.25, -0.2) is 4.57 Å². The van der Waals surface area contributed by atoms with E-state index in [1.165, 1.54) is 5.56 Å². The topological polar surface area (TPSA) is 78.7 Å². The summed E-state index contributed by atoms with van der Waals surface area (Å²) in [5.41, 5.74) is 4.60. The fourth-order valence-electron chi connectivity index (χ4n) is 4.52. The van der Waals surface area contributed by atoms with E-state index in [2.05, 4.69) is 50.6 Å². The van der Waals surface area contributed by atoms with Crippen molar-refractivity contribution < 1.29 is 21.5 Å². The highest BCUT2D eigenvalue weighted by molar-refractivity contribution is 6.03. The standard InChI is InChI=1S/C26H26N9.BrH/c1-18-4-6-23(7-5-18)24-34-25(32(19(2)30-34)16-21-8-12-27-13-9-21)29-26-33(20(3)31-35(24)26)17-22-10-14-28-15-11-22;/h4-15,24H,16-17H2,1-3H3;1H/q+1;/p-1. The third-order valence-corrected chi connectivity index (χ3v) is 6.40. The molecule has 1 atom stereocenters. The number of nitrogens with zero attached hydrogens (tertiary/aromatic N) is 9. The quantitative estimate of drug-likeness (QED) is 0.339. The number of benzene rings is 1. The number of pyridine rings is 2. The molecule has 182 valence electrons. The van der Waals surface area contributed by atoms with E-state index in [0.29, 0.717) is 13.1 Å². The first-order chi connectivity index (χ1) is 17.1. The van der Waals surface area contributed by atoms with Gasteiger partial charge in [0.15, 0.2) is 0 Å². The van der Waals surface area contributed by atoms with E-state index in [4.69, 9.17) is 15.2 Å². The molecule has 1 unspecified atom stereocenters. The first-order valence-electron chi connectivity index (χ1n) is 11.6. The van der Waals surface area contributed by atoms with Gasteiger partial charge in [0.1, 0.15) is 5.84 Å². The van der Waals surface area contributed by atoms with Crippen LogP contribution >= 0.6 is 0 Å². The van der Waals surface area contributed by atoms with E-state index in [1.54, 1.807) is 0 Å². The van der Waals surface area contributed by atoms with Crippen LogP contribution in [0.4, 0.5) is 5.95 Å². The maximum absolute atomic E-state index is 5.13. The SMILES string of the molecule is CC1=NN2C(=Nc3n(nc(C)[n+]3Cc3ccncc3)C2c2ccc(C)cc2)N1Cc1ccncc1.[Br-]. The molecule has 5 heterocycles. The number of hydrazone groups is 1. The summed E-state index contributed by atoms with van der Waals surface area (Å²) < 4.78 is 4.14. The molecule has 0 bridgehead atoms. The predicted octanol–water partition coefficient (Wildman–Crippen LogP) is 0.329. The van der Waals surface area contributed by atoms with E-state index in [0.717, 1.165) is 40.3 Å². The minimum absolute atomic E-state index is 0. The van der Waals surface area contributed by atoms with Crippen LogP contribution in [0.15, 0.2) is 83.4 Å². The number of halogens is 1. The van der Waals surface area contributed by atoms with Gasteiger partial charge in [-0.2, -0.15) is 10.1 Å². The molecule has 0 saturated heterocycles. The second-order valence-corrected chi connectivity index (χ2v) is 8.86. The van der Waals surface area contributed by atoms with Gasteiger partial charge in [-0.3, -0.25) is 14.9 Å². The van der Waals surface area contributed by atoms with Crippen molar-refractivity contribution in [2.75, 3.05) is 0 Å². The predicted molar refractivity (Wildman–Crippen MR) is 132 cm³/mol. The lowest BCUT2D eigenvalue weighted by Crippen LogP contribution is -3.00. The Kier molecular flexibility index (Phi) is 6.36. The van der Waals surface area contributed by atoms with Crippen LogP contribution in [0.2, 0.25) is 0 Å². The molecule has 0 aliphatic carbocycles. The van der Waals surface area contributed by atoms with Gasteiger partial charge in [0, 0.05) is 37.3 Å². The number of hydrogen-bond acceptors (Lipinski definition) is 7. The molecule has 3 aromatic heterocycles. The van der Waals surface area contributed by atoms with Gasteiger partial charge in [0.05, 0.1) is 13.1 Å². The van der Waals surface area contributed by atoms with E-state index >= 15 is 0 Å². The summed E-state index contributed by atoms with van der Waals surface area (Å²) in [7, 11) is 0. The smallest absolute Gasteiger partial charge is 0.388 e. The van der Waals surface area contributed by atoms with Crippen molar-refractivity contribution in [2.24, 2.45) is 10.1 Å². The Morgan fingerprint density at radius 2 is 1.47 bits per heavy atom. The van der Waals surface area contributed by atoms with Gasteiger partial charge in [0.25, 0.3) is 5.96 Å². The normalized spacial score (nSPS) is 16.1. The molecule has 0 radical (unpaired) electrons. The van der Waals surface area contributed by atoms with Gasteiger partial charge in [-0.15, -0.1) is 0 Å². The summed E-state index contributed by atoms with van der Waals surface area (Å²) in [6.07, 6.45) is 7.01. The molecule has 36 heavy (non-hydrogen) atoms. The van der Waals surface area contributed by atoms with Crippen LogP contribution < -0.4 is 21.5 Å². The maximum Gasteiger partial charge on any atom is 0.388 e. The number of rotatable bonds is 5. The van der Waals surface area contributed by atoms with Crippen molar-refractivity contribution in [1.29, 1.82) is 0 Å². The third-order valence-electron chi connectivity index (χ3n) is 6.40. The summed E-state index contributed by atoms with van der Waals surface area (Å²) in [6.45, 7) is 7.45. The summed E-state index contributed by atoms with van der Waals surface area (Å²) in [6, 6.07) is 16.6. The van der Waals surface area contributed by atoms with E-state index < -0.39 is 0 Å². The van der Waals surface area contributed by atoms with Crippen molar-refractivity contribution in [3.8, 4) is 0 Å². The zero-order valence-electron chi connectivity index (χ0n) is 20.3. The molecular weight excluding hydrogens is 518 g/mol. The van der Waals surface area contributed by atoms with E-state index in [-0.39, 0.29) is 23.1 Å². The lowest BCUT2D eigenvalue weighted by molar-refractivity contribution is -0.682. The Hall–Kier alpha value is -3.92. The number of aryl methyl sites for hydroxylation is 2. The Balaban J connectivity index is 0.00000267. The highest BCUT2D eigenvalue weighted by Gasteiger charge is 2.46. The summed E-state index contributed by atoms with van der Waals surface area (Å²) in [4.78, 5) is 15.6. The van der Waals surface area contributed by atoms with Gasteiger partial charge in [-0.1, -0.05) is 39.5 Å². The molecule has 2 aliphatic rings. The molecule has 9 nitrogen and oxygen atoms in total. The minimum Gasteiger partial charge on any atom is -1.00 e. The van der Waals surface area contributed by atoms with Crippen molar-refractivity contribution in [3.05, 3.63) is 101 Å². The third kappa shape index (κ3) is 4.17. The Morgan fingerprint density at radius 3 is 2.14 bits per heavy atom. The monoisotopic (exact) mass is 543 g/mol. The van der Waals surface area contributed by atoms with Crippen LogP contribution in [-0.2, 0) is 13.1 Å². The van der Waals surface area contributed by atoms with Crippen LogP contribution in [0.5, 0.6) is 0 Å². The van der Waals surface area contributed by atoms with Crippen LogP contribution in [0.25, 0.3) is 0 Å². The average molecular weight is 544 g/mol. The zero-order valence-corrected chi connectivity index (χ0v) is 21.9. The van der Waals surface area contributed by atoms with Gasteiger partial charge in [-0.05, 0) is 54.3 Å². The maximum atomic E-state index is 5.13. The van der Waals surface area contributed by atoms with Crippen molar-refractivity contribution in [3.63, 3.8) is 0 Å². The molecule has 4 aromatic rings. The average Bonchev–Trinajstić information content (AvgIpc) is 3.35. The Bertz CT molecular complexity index is 1430. The van der Waals surface area contributed by atoms with Crippen molar-refractivity contribution in [1.82, 2.24) is 29.7 Å². The van der Waals surface area contributed by atoms with Crippen LogP contribution in [-0.4, -0.2) is 41.5 Å².